The van der Waals surface area contributed by atoms with Crippen LogP contribution < -0.4 is 10.0 Å². The zero-order valence-corrected chi connectivity index (χ0v) is 16.7. The standard InChI is InChI=1S/C21H26N2O4S/c1-16-9-11-19(12-10-16)28(25,26)23-20(17-6-3-2-4-7-17)14-21(24)22-15-18-8-5-13-27-18/h2-4,6-7,9-12,18,20,23H,5,8,13-15H2,1H3,(H,22,24)/t18-,20-/m1/s1. The van der Waals surface area contributed by atoms with Crippen molar-refractivity contribution in [1.29, 1.82) is 0 Å². The summed E-state index contributed by atoms with van der Waals surface area (Å²) in [7, 11) is -3.76. The van der Waals surface area contributed by atoms with E-state index in [-0.39, 0.29) is 23.3 Å². The topological polar surface area (TPSA) is 84.5 Å². The van der Waals surface area contributed by atoms with E-state index in [1.165, 1.54) is 0 Å². The van der Waals surface area contributed by atoms with Gasteiger partial charge in [-0.1, -0.05) is 48.0 Å². The van der Waals surface area contributed by atoms with Crippen LogP contribution in [-0.2, 0) is 19.6 Å². The molecule has 2 N–H and O–H groups in total. The van der Waals surface area contributed by atoms with E-state index in [1.807, 2.05) is 37.3 Å². The Labute approximate surface area is 166 Å². The molecular formula is C21H26N2O4S. The number of benzene rings is 2. The van der Waals surface area contributed by atoms with E-state index in [1.54, 1.807) is 24.3 Å². The minimum absolute atomic E-state index is 0.0157. The van der Waals surface area contributed by atoms with Crippen molar-refractivity contribution in [2.45, 2.75) is 43.2 Å². The Bertz CT molecular complexity index is 876. The minimum Gasteiger partial charge on any atom is -0.376 e. The highest BCUT2D eigenvalue weighted by Gasteiger charge is 2.24. The van der Waals surface area contributed by atoms with Crippen molar-refractivity contribution in [2.75, 3.05) is 13.2 Å². The number of sulfonamides is 1. The Morgan fingerprint density at radius 2 is 1.86 bits per heavy atom. The molecule has 150 valence electrons. The van der Waals surface area contributed by atoms with Crippen LogP contribution in [0.15, 0.2) is 59.5 Å². The molecule has 0 spiro atoms. The van der Waals surface area contributed by atoms with Crippen molar-refractivity contribution < 1.29 is 17.9 Å². The second-order valence-electron chi connectivity index (χ2n) is 7.04. The van der Waals surface area contributed by atoms with Crippen LogP contribution >= 0.6 is 0 Å². The van der Waals surface area contributed by atoms with Gasteiger partial charge in [-0.15, -0.1) is 0 Å². The fraction of sp³-hybridized carbons (Fsp3) is 0.381. The predicted octanol–water partition coefficient (Wildman–Crippen LogP) is 2.70. The fourth-order valence-corrected chi connectivity index (χ4v) is 4.40. The molecule has 6 nitrogen and oxygen atoms in total. The molecule has 2 aromatic rings. The molecule has 0 radical (unpaired) electrons. The average molecular weight is 403 g/mol. The summed E-state index contributed by atoms with van der Waals surface area (Å²) >= 11 is 0. The third-order valence-electron chi connectivity index (χ3n) is 4.77. The van der Waals surface area contributed by atoms with Crippen LogP contribution in [0.25, 0.3) is 0 Å². The highest BCUT2D eigenvalue weighted by Crippen LogP contribution is 2.21. The third kappa shape index (κ3) is 5.64. The predicted molar refractivity (Wildman–Crippen MR) is 107 cm³/mol. The molecule has 0 unspecified atom stereocenters. The number of ether oxygens (including phenoxy) is 1. The second kappa shape index (κ2) is 9.32. The monoisotopic (exact) mass is 402 g/mol. The number of hydrogen-bond acceptors (Lipinski definition) is 4. The summed E-state index contributed by atoms with van der Waals surface area (Å²) in [5.41, 5.74) is 1.72. The number of aryl methyl sites for hydroxylation is 1. The first-order valence-corrected chi connectivity index (χ1v) is 10.9. The second-order valence-corrected chi connectivity index (χ2v) is 8.75. The third-order valence-corrected chi connectivity index (χ3v) is 6.26. The Morgan fingerprint density at radius 1 is 1.14 bits per heavy atom. The summed E-state index contributed by atoms with van der Waals surface area (Å²) in [5, 5.41) is 2.86. The van der Waals surface area contributed by atoms with Crippen molar-refractivity contribution in [3.63, 3.8) is 0 Å². The lowest BCUT2D eigenvalue weighted by Gasteiger charge is -2.20. The molecule has 1 fully saturated rings. The number of nitrogens with one attached hydrogen (secondary N) is 2. The van der Waals surface area contributed by atoms with E-state index in [0.29, 0.717) is 6.54 Å². The molecule has 0 bridgehead atoms. The van der Waals surface area contributed by atoms with Gasteiger partial charge in [-0.25, -0.2) is 13.1 Å². The maximum Gasteiger partial charge on any atom is 0.241 e. The Kier molecular flexibility index (Phi) is 6.83. The zero-order valence-electron chi connectivity index (χ0n) is 15.9. The van der Waals surface area contributed by atoms with E-state index in [2.05, 4.69) is 10.0 Å². The molecule has 2 aromatic carbocycles. The number of hydrogen-bond donors (Lipinski definition) is 2. The molecule has 7 heteroatoms. The lowest BCUT2D eigenvalue weighted by atomic mass is 10.0. The van der Waals surface area contributed by atoms with Gasteiger partial charge in [-0.2, -0.15) is 0 Å². The van der Waals surface area contributed by atoms with Gasteiger partial charge in [-0.3, -0.25) is 4.79 Å². The summed E-state index contributed by atoms with van der Waals surface area (Å²) in [5.74, 6) is -0.212. The normalized spacial score (nSPS) is 18.0. The molecule has 28 heavy (non-hydrogen) atoms. The van der Waals surface area contributed by atoms with Crippen LogP contribution in [0, 0.1) is 6.92 Å². The van der Waals surface area contributed by atoms with E-state index in [9.17, 15) is 13.2 Å². The highest BCUT2D eigenvalue weighted by atomic mass is 32.2. The van der Waals surface area contributed by atoms with Crippen LogP contribution in [0.3, 0.4) is 0 Å². The molecule has 3 rings (SSSR count). The zero-order chi connectivity index (χ0) is 20.0. The van der Waals surface area contributed by atoms with E-state index >= 15 is 0 Å². The first-order valence-electron chi connectivity index (χ1n) is 9.46. The highest BCUT2D eigenvalue weighted by molar-refractivity contribution is 7.89. The molecular weight excluding hydrogens is 376 g/mol. The maximum atomic E-state index is 12.8. The van der Waals surface area contributed by atoms with Gasteiger partial charge >= 0.3 is 0 Å². The Morgan fingerprint density at radius 3 is 2.50 bits per heavy atom. The molecule has 2 atom stereocenters. The molecule has 1 heterocycles. The molecule has 0 aromatic heterocycles. The summed E-state index contributed by atoms with van der Waals surface area (Å²) in [6.45, 7) is 3.07. The van der Waals surface area contributed by atoms with Gasteiger partial charge in [0.2, 0.25) is 15.9 Å². The maximum absolute atomic E-state index is 12.8. The van der Waals surface area contributed by atoms with Gasteiger partial charge in [-0.05, 0) is 37.5 Å². The van der Waals surface area contributed by atoms with E-state index in [0.717, 1.165) is 30.6 Å². The molecule has 1 aliphatic rings. The van der Waals surface area contributed by atoms with Crippen LogP contribution in [0.2, 0.25) is 0 Å². The lowest BCUT2D eigenvalue weighted by Crippen LogP contribution is -2.36. The molecule has 1 amide bonds. The Balaban J connectivity index is 1.71. The quantitative estimate of drug-likeness (QED) is 0.711. The Hall–Kier alpha value is -2.22. The summed E-state index contributed by atoms with van der Waals surface area (Å²) < 4.78 is 33.8. The number of carbonyl (C=O) groups is 1. The van der Waals surface area contributed by atoms with Crippen LogP contribution in [0.4, 0.5) is 0 Å². The summed E-state index contributed by atoms with van der Waals surface area (Å²) in [4.78, 5) is 12.6. The van der Waals surface area contributed by atoms with Crippen molar-refractivity contribution in [1.82, 2.24) is 10.0 Å². The first-order chi connectivity index (χ1) is 13.4. The summed E-state index contributed by atoms with van der Waals surface area (Å²) in [6, 6.07) is 15.1. The molecule has 1 saturated heterocycles. The minimum atomic E-state index is -3.76. The van der Waals surface area contributed by atoms with Crippen molar-refractivity contribution in [3.8, 4) is 0 Å². The van der Waals surface area contributed by atoms with Gasteiger partial charge in [0, 0.05) is 19.6 Å². The summed E-state index contributed by atoms with van der Waals surface area (Å²) in [6.07, 6.45) is 2.00. The largest absolute Gasteiger partial charge is 0.376 e. The van der Waals surface area contributed by atoms with Gasteiger partial charge in [0.1, 0.15) is 0 Å². The van der Waals surface area contributed by atoms with Crippen molar-refractivity contribution in [2.24, 2.45) is 0 Å². The molecule has 1 aliphatic heterocycles. The van der Waals surface area contributed by atoms with Crippen LogP contribution in [0.5, 0.6) is 0 Å². The van der Waals surface area contributed by atoms with Crippen LogP contribution in [0.1, 0.15) is 36.4 Å². The number of amides is 1. The molecule has 0 saturated carbocycles. The van der Waals surface area contributed by atoms with Gasteiger partial charge < -0.3 is 10.1 Å². The number of rotatable bonds is 8. The van der Waals surface area contributed by atoms with Crippen molar-refractivity contribution >= 4 is 15.9 Å². The van der Waals surface area contributed by atoms with Crippen molar-refractivity contribution in [3.05, 3.63) is 65.7 Å². The van der Waals surface area contributed by atoms with E-state index in [4.69, 9.17) is 4.74 Å². The SMILES string of the molecule is Cc1ccc(S(=O)(=O)N[C@H](CC(=O)NC[C@H]2CCCO2)c2ccccc2)cc1. The van der Waals surface area contributed by atoms with Gasteiger partial charge in [0.25, 0.3) is 0 Å². The van der Waals surface area contributed by atoms with Crippen LogP contribution in [-0.4, -0.2) is 33.6 Å². The molecule has 0 aliphatic carbocycles. The number of carbonyl (C=O) groups excluding carboxylic acids is 1. The van der Waals surface area contributed by atoms with E-state index < -0.39 is 16.1 Å². The first kappa shape index (κ1) is 20.5. The lowest BCUT2D eigenvalue weighted by molar-refractivity contribution is -0.122. The van der Waals surface area contributed by atoms with Gasteiger partial charge in [0.05, 0.1) is 17.0 Å². The van der Waals surface area contributed by atoms with Gasteiger partial charge in [0.15, 0.2) is 0 Å². The fourth-order valence-electron chi connectivity index (χ4n) is 3.18. The average Bonchev–Trinajstić information content (AvgIpc) is 3.20. The smallest absolute Gasteiger partial charge is 0.241 e.